The van der Waals surface area contributed by atoms with E-state index in [0.717, 1.165) is 35.5 Å². The summed E-state index contributed by atoms with van der Waals surface area (Å²) in [5.41, 5.74) is 9.67. The lowest BCUT2D eigenvalue weighted by atomic mass is 10.2. The molecule has 0 bridgehead atoms. The first kappa shape index (κ1) is 15.2. The molecule has 0 spiro atoms. The molecule has 0 aliphatic rings. The molecule has 0 unspecified atom stereocenters. The van der Waals surface area contributed by atoms with Crippen molar-refractivity contribution >= 4 is 16.7 Å². The predicted octanol–water partition coefficient (Wildman–Crippen LogP) is 3.25. The normalized spacial score (nSPS) is 10.9. The van der Waals surface area contributed by atoms with E-state index in [-0.39, 0.29) is 0 Å². The van der Waals surface area contributed by atoms with Crippen molar-refractivity contribution in [2.24, 2.45) is 0 Å². The Balaban J connectivity index is 2.11. The van der Waals surface area contributed by atoms with Crippen LogP contribution in [0, 0.1) is 0 Å². The summed E-state index contributed by atoms with van der Waals surface area (Å²) in [7, 11) is 3.28. The van der Waals surface area contributed by atoms with E-state index in [2.05, 4.69) is 11.5 Å². The van der Waals surface area contributed by atoms with Crippen molar-refractivity contribution in [2.75, 3.05) is 20.0 Å². The largest absolute Gasteiger partial charge is 0.493 e. The van der Waals surface area contributed by atoms with Crippen LogP contribution in [0.3, 0.4) is 0 Å². The second-order valence-electron chi connectivity index (χ2n) is 5.41. The maximum atomic E-state index is 5.77. The lowest BCUT2D eigenvalue weighted by Crippen LogP contribution is -2.04. The Morgan fingerprint density at radius 2 is 1.70 bits per heavy atom. The number of nitrogens with two attached hydrogens (primary N) is 1. The Morgan fingerprint density at radius 3 is 2.30 bits per heavy atom. The van der Waals surface area contributed by atoms with Crippen LogP contribution in [0.25, 0.3) is 11.0 Å². The molecule has 0 aliphatic carbocycles. The van der Waals surface area contributed by atoms with Gasteiger partial charge in [-0.2, -0.15) is 0 Å². The summed E-state index contributed by atoms with van der Waals surface area (Å²) < 4.78 is 13.0. The van der Waals surface area contributed by atoms with E-state index in [1.54, 1.807) is 14.2 Å². The molecule has 1 aromatic heterocycles. The molecule has 0 atom stereocenters. The van der Waals surface area contributed by atoms with Gasteiger partial charge in [0.15, 0.2) is 11.5 Å². The molecule has 0 radical (unpaired) electrons. The minimum atomic E-state index is 0.694. The molecule has 0 saturated heterocycles. The highest BCUT2D eigenvalue weighted by molar-refractivity contribution is 5.80. The van der Waals surface area contributed by atoms with Crippen LogP contribution in [0.4, 0.5) is 5.69 Å². The Kier molecular flexibility index (Phi) is 4.10. The molecule has 2 aromatic carbocycles. The Labute approximate surface area is 135 Å². The van der Waals surface area contributed by atoms with Gasteiger partial charge in [-0.05, 0) is 17.7 Å². The van der Waals surface area contributed by atoms with Gasteiger partial charge in [-0.3, -0.25) is 0 Å². The van der Waals surface area contributed by atoms with Gasteiger partial charge < -0.3 is 19.8 Å². The SMILES string of the molecule is CCc1nc2cc(OC)c(OC)cc2n1Cc1ccc(N)cc1. The average molecular weight is 311 g/mol. The molecule has 1 heterocycles. The summed E-state index contributed by atoms with van der Waals surface area (Å²) in [5.74, 6) is 2.44. The number of aryl methyl sites for hydroxylation is 1. The van der Waals surface area contributed by atoms with Crippen molar-refractivity contribution in [2.45, 2.75) is 19.9 Å². The molecule has 3 rings (SSSR count). The van der Waals surface area contributed by atoms with Crippen LogP contribution < -0.4 is 15.2 Å². The third-order valence-electron chi connectivity index (χ3n) is 3.97. The minimum absolute atomic E-state index is 0.694. The van der Waals surface area contributed by atoms with Crippen LogP contribution in [0.2, 0.25) is 0 Å². The monoisotopic (exact) mass is 311 g/mol. The van der Waals surface area contributed by atoms with Crippen LogP contribution >= 0.6 is 0 Å². The standard InChI is InChI=1S/C18H21N3O2/c1-4-18-20-14-9-16(22-2)17(23-3)10-15(14)21(18)11-12-5-7-13(19)8-6-12/h5-10H,4,11,19H2,1-3H3. The summed E-state index contributed by atoms with van der Waals surface area (Å²) in [4.78, 5) is 4.73. The highest BCUT2D eigenvalue weighted by Gasteiger charge is 2.14. The topological polar surface area (TPSA) is 62.3 Å². The van der Waals surface area contributed by atoms with Crippen LogP contribution in [0.5, 0.6) is 11.5 Å². The van der Waals surface area contributed by atoms with E-state index < -0.39 is 0 Å². The summed E-state index contributed by atoms with van der Waals surface area (Å²) in [6.07, 6.45) is 0.855. The number of nitrogens with zero attached hydrogens (tertiary/aromatic N) is 2. The molecule has 23 heavy (non-hydrogen) atoms. The number of hydrogen-bond acceptors (Lipinski definition) is 4. The van der Waals surface area contributed by atoms with Crippen LogP contribution in [-0.4, -0.2) is 23.8 Å². The summed E-state index contributed by atoms with van der Waals surface area (Å²) in [5, 5.41) is 0. The quantitative estimate of drug-likeness (QED) is 0.735. The first-order valence-corrected chi connectivity index (χ1v) is 7.61. The molecule has 2 N–H and O–H groups in total. The van der Waals surface area contributed by atoms with E-state index in [0.29, 0.717) is 11.5 Å². The molecular weight excluding hydrogens is 290 g/mol. The summed E-state index contributed by atoms with van der Waals surface area (Å²) in [6.45, 7) is 2.85. The van der Waals surface area contributed by atoms with E-state index in [4.69, 9.17) is 20.2 Å². The fourth-order valence-corrected chi connectivity index (χ4v) is 2.75. The van der Waals surface area contributed by atoms with Gasteiger partial charge in [0.05, 0.1) is 25.3 Å². The molecule has 0 fully saturated rings. The summed E-state index contributed by atoms with van der Waals surface area (Å²) >= 11 is 0. The van der Waals surface area contributed by atoms with E-state index in [9.17, 15) is 0 Å². The van der Waals surface area contributed by atoms with Gasteiger partial charge in [-0.15, -0.1) is 0 Å². The van der Waals surface area contributed by atoms with Crippen molar-refractivity contribution in [3.8, 4) is 11.5 Å². The van der Waals surface area contributed by atoms with Crippen molar-refractivity contribution in [1.82, 2.24) is 9.55 Å². The number of aromatic nitrogens is 2. The first-order chi connectivity index (χ1) is 11.2. The number of hydrogen-bond donors (Lipinski definition) is 1. The number of benzene rings is 2. The Morgan fingerprint density at radius 1 is 1.04 bits per heavy atom. The highest BCUT2D eigenvalue weighted by Crippen LogP contribution is 2.32. The molecular formula is C18H21N3O2. The van der Waals surface area contributed by atoms with Crippen molar-refractivity contribution < 1.29 is 9.47 Å². The van der Waals surface area contributed by atoms with Gasteiger partial charge in [-0.25, -0.2) is 4.98 Å². The number of fused-ring (bicyclic) bond motifs is 1. The van der Waals surface area contributed by atoms with E-state index in [1.165, 1.54) is 5.56 Å². The fourth-order valence-electron chi connectivity index (χ4n) is 2.75. The maximum absolute atomic E-state index is 5.77. The molecule has 120 valence electrons. The number of methoxy groups -OCH3 is 2. The number of anilines is 1. The molecule has 3 aromatic rings. The van der Waals surface area contributed by atoms with Gasteiger partial charge in [-0.1, -0.05) is 19.1 Å². The summed E-state index contributed by atoms with van der Waals surface area (Å²) in [6, 6.07) is 11.8. The predicted molar refractivity (Wildman–Crippen MR) is 92.2 cm³/mol. The fraction of sp³-hybridized carbons (Fsp3) is 0.278. The van der Waals surface area contributed by atoms with Crippen LogP contribution in [-0.2, 0) is 13.0 Å². The highest BCUT2D eigenvalue weighted by atomic mass is 16.5. The van der Waals surface area contributed by atoms with Gasteiger partial charge in [0.1, 0.15) is 5.82 Å². The number of nitrogen functional groups attached to an aromatic ring is 1. The number of rotatable bonds is 5. The first-order valence-electron chi connectivity index (χ1n) is 7.61. The maximum Gasteiger partial charge on any atom is 0.163 e. The molecule has 0 aliphatic heterocycles. The third-order valence-corrected chi connectivity index (χ3v) is 3.97. The Hall–Kier alpha value is -2.69. The number of imidazole rings is 1. The van der Waals surface area contributed by atoms with E-state index in [1.807, 2.05) is 36.4 Å². The second kappa shape index (κ2) is 6.20. The zero-order valence-corrected chi connectivity index (χ0v) is 13.7. The number of ether oxygens (including phenoxy) is 2. The van der Waals surface area contributed by atoms with Crippen molar-refractivity contribution in [3.63, 3.8) is 0 Å². The molecule has 5 nitrogen and oxygen atoms in total. The zero-order chi connectivity index (χ0) is 16.4. The molecule has 0 saturated carbocycles. The Bertz CT molecular complexity index is 822. The average Bonchev–Trinajstić information content (AvgIpc) is 2.92. The van der Waals surface area contributed by atoms with Crippen molar-refractivity contribution in [3.05, 3.63) is 47.8 Å². The smallest absolute Gasteiger partial charge is 0.163 e. The molecule has 5 heteroatoms. The lowest BCUT2D eigenvalue weighted by Gasteiger charge is -2.11. The van der Waals surface area contributed by atoms with Crippen LogP contribution in [0.15, 0.2) is 36.4 Å². The van der Waals surface area contributed by atoms with Gasteiger partial charge in [0.25, 0.3) is 0 Å². The van der Waals surface area contributed by atoms with Gasteiger partial charge >= 0.3 is 0 Å². The zero-order valence-electron chi connectivity index (χ0n) is 13.7. The second-order valence-corrected chi connectivity index (χ2v) is 5.41. The molecule has 0 amide bonds. The van der Waals surface area contributed by atoms with Crippen LogP contribution in [0.1, 0.15) is 18.3 Å². The van der Waals surface area contributed by atoms with Gasteiger partial charge in [0, 0.05) is 30.8 Å². The van der Waals surface area contributed by atoms with Crippen molar-refractivity contribution in [1.29, 1.82) is 0 Å². The third kappa shape index (κ3) is 2.82. The minimum Gasteiger partial charge on any atom is -0.493 e. The lowest BCUT2D eigenvalue weighted by molar-refractivity contribution is 0.355. The van der Waals surface area contributed by atoms with E-state index >= 15 is 0 Å². The van der Waals surface area contributed by atoms with Gasteiger partial charge in [0.2, 0.25) is 0 Å².